The van der Waals surface area contributed by atoms with Gasteiger partial charge in [0.2, 0.25) is 5.13 Å². The first-order chi connectivity index (χ1) is 10.6. The van der Waals surface area contributed by atoms with Crippen LogP contribution in [0, 0.1) is 6.92 Å². The van der Waals surface area contributed by atoms with Crippen molar-refractivity contribution in [2.45, 2.75) is 6.92 Å². The second-order valence-electron chi connectivity index (χ2n) is 4.74. The molecule has 0 fully saturated rings. The van der Waals surface area contributed by atoms with Gasteiger partial charge in [-0.25, -0.2) is 0 Å². The lowest BCUT2D eigenvalue weighted by Crippen LogP contribution is -2.02. The van der Waals surface area contributed by atoms with Crippen molar-refractivity contribution in [1.82, 2.24) is 10.2 Å². The van der Waals surface area contributed by atoms with E-state index in [9.17, 15) is 4.79 Å². The normalized spacial score (nSPS) is 10.5. The van der Waals surface area contributed by atoms with Crippen LogP contribution in [0.25, 0.3) is 0 Å². The standard InChI is InChI=1S/C16H12ClN3OS/c1-10-8-12(4-7-14(10)17)15(21)11-2-5-13(6-3-11)19-16-20-18-9-22-16/h2-9H,1H3,(H,19,20). The average molecular weight is 330 g/mol. The first-order valence-electron chi connectivity index (χ1n) is 6.57. The molecule has 4 nitrogen and oxygen atoms in total. The van der Waals surface area contributed by atoms with E-state index >= 15 is 0 Å². The Balaban J connectivity index is 1.79. The van der Waals surface area contributed by atoms with Gasteiger partial charge in [0.1, 0.15) is 5.51 Å². The molecule has 0 amide bonds. The number of carbonyl (C=O) groups excluding carboxylic acids is 1. The lowest BCUT2D eigenvalue weighted by Gasteiger charge is -2.06. The highest BCUT2D eigenvalue weighted by Crippen LogP contribution is 2.21. The molecule has 6 heteroatoms. The van der Waals surface area contributed by atoms with Crippen LogP contribution in [0.5, 0.6) is 0 Å². The zero-order valence-corrected chi connectivity index (χ0v) is 13.3. The Labute approximate surface area is 136 Å². The third-order valence-electron chi connectivity index (χ3n) is 3.18. The summed E-state index contributed by atoms with van der Waals surface area (Å²) in [4.78, 5) is 12.5. The molecular formula is C16H12ClN3OS. The average Bonchev–Trinajstić information content (AvgIpc) is 3.03. The molecule has 3 aromatic rings. The van der Waals surface area contributed by atoms with E-state index in [2.05, 4.69) is 15.5 Å². The molecule has 3 rings (SSSR count). The Morgan fingerprint density at radius 1 is 1.14 bits per heavy atom. The summed E-state index contributed by atoms with van der Waals surface area (Å²) in [5.74, 6) is -0.0257. The van der Waals surface area contributed by atoms with Crippen molar-refractivity contribution in [2.75, 3.05) is 5.32 Å². The van der Waals surface area contributed by atoms with E-state index in [1.807, 2.05) is 19.1 Å². The van der Waals surface area contributed by atoms with Gasteiger partial charge in [0, 0.05) is 21.8 Å². The van der Waals surface area contributed by atoms with Crippen LogP contribution in [0.3, 0.4) is 0 Å². The van der Waals surface area contributed by atoms with E-state index in [-0.39, 0.29) is 5.78 Å². The highest BCUT2D eigenvalue weighted by Gasteiger charge is 2.10. The van der Waals surface area contributed by atoms with Crippen LogP contribution in [0.4, 0.5) is 10.8 Å². The number of hydrogen-bond acceptors (Lipinski definition) is 5. The van der Waals surface area contributed by atoms with Gasteiger partial charge in [0.05, 0.1) is 0 Å². The van der Waals surface area contributed by atoms with E-state index in [0.29, 0.717) is 21.3 Å². The third kappa shape index (κ3) is 3.16. The molecule has 0 bridgehead atoms. The van der Waals surface area contributed by atoms with E-state index in [0.717, 1.165) is 11.3 Å². The van der Waals surface area contributed by atoms with E-state index in [1.54, 1.807) is 35.8 Å². The van der Waals surface area contributed by atoms with Crippen molar-refractivity contribution in [1.29, 1.82) is 0 Å². The van der Waals surface area contributed by atoms with Gasteiger partial charge in [-0.05, 0) is 55.0 Å². The number of halogens is 1. The molecule has 1 aromatic heterocycles. The minimum absolute atomic E-state index is 0.0257. The van der Waals surface area contributed by atoms with Crippen molar-refractivity contribution >= 4 is 39.5 Å². The first kappa shape index (κ1) is 14.7. The molecule has 2 aromatic carbocycles. The van der Waals surface area contributed by atoms with Crippen molar-refractivity contribution in [3.05, 3.63) is 69.7 Å². The SMILES string of the molecule is Cc1cc(C(=O)c2ccc(Nc3nncs3)cc2)ccc1Cl. The van der Waals surface area contributed by atoms with Gasteiger partial charge in [0.25, 0.3) is 0 Å². The van der Waals surface area contributed by atoms with Gasteiger partial charge in [-0.3, -0.25) is 4.79 Å². The molecule has 0 saturated carbocycles. The number of ketones is 1. The molecule has 0 spiro atoms. The van der Waals surface area contributed by atoms with Gasteiger partial charge >= 0.3 is 0 Å². The Morgan fingerprint density at radius 2 is 1.86 bits per heavy atom. The zero-order valence-electron chi connectivity index (χ0n) is 11.7. The number of aromatic nitrogens is 2. The van der Waals surface area contributed by atoms with Gasteiger partial charge in [-0.2, -0.15) is 0 Å². The molecule has 0 radical (unpaired) electrons. The Bertz CT molecular complexity index is 801. The highest BCUT2D eigenvalue weighted by molar-refractivity contribution is 7.13. The first-order valence-corrected chi connectivity index (χ1v) is 7.83. The number of nitrogens with one attached hydrogen (secondary N) is 1. The Morgan fingerprint density at radius 3 is 2.50 bits per heavy atom. The predicted octanol–water partition coefficient (Wildman–Crippen LogP) is 4.47. The summed E-state index contributed by atoms with van der Waals surface area (Å²) in [5.41, 5.74) is 4.67. The summed E-state index contributed by atoms with van der Waals surface area (Å²) in [7, 11) is 0. The Kier molecular flexibility index (Phi) is 4.18. The summed E-state index contributed by atoms with van der Waals surface area (Å²) >= 11 is 7.41. The van der Waals surface area contributed by atoms with Crippen molar-refractivity contribution in [3.63, 3.8) is 0 Å². The molecule has 1 N–H and O–H groups in total. The largest absolute Gasteiger partial charge is 0.330 e. The quantitative estimate of drug-likeness (QED) is 0.717. The fraction of sp³-hybridized carbons (Fsp3) is 0.0625. The monoisotopic (exact) mass is 329 g/mol. The topological polar surface area (TPSA) is 54.9 Å². The fourth-order valence-electron chi connectivity index (χ4n) is 2.01. The van der Waals surface area contributed by atoms with Crippen LogP contribution in [-0.2, 0) is 0 Å². The second-order valence-corrected chi connectivity index (χ2v) is 5.98. The number of nitrogens with zero attached hydrogens (tertiary/aromatic N) is 2. The van der Waals surface area contributed by atoms with Crippen LogP contribution in [0.1, 0.15) is 21.5 Å². The predicted molar refractivity (Wildman–Crippen MR) is 89.3 cm³/mol. The number of rotatable bonds is 4. The smallest absolute Gasteiger partial charge is 0.209 e. The summed E-state index contributed by atoms with van der Waals surface area (Å²) in [5, 5.41) is 12.2. The number of carbonyl (C=O) groups is 1. The summed E-state index contributed by atoms with van der Waals surface area (Å²) < 4.78 is 0. The molecule has 0 aliphatic carbocycles. The Hall–Kier alpha value is -2.24. The van der Waals surface area contributed by atoms with Crippen LogP contribution >= 0.6 is 22.9 Å². The minimum Gasteiger partial charge on any atom is -0.330 e. The van der Waals surface area contributed by atoms with Crippen molar-refractivity contribution in [2.24, 2.45) is 0 Å². The lowest BCUT2D eigenvalue weighted by molar-refractivity contribution is 0.103. The van der Waals surface area contributed by atoms with Gasteiger partial charge < -0.3 is 5.32 Å². The summed E-state index contributed by atoms with van der Waals surface area (Å²) in [6.45, 7) is 1.88. The summed E-state index contributed by atoms with van der Waals surface area (Å²) in [6, 6.07) is 12.6. The molecular weight excluding hydrogens is 318 g/mol. The number of aryl methyl sites for hydroxylation is 1. The molecule has 0 aliphatic rings. The second kappa shape index (κ2) is 6.25. The number of benzene rings is 2. The maximum Gasteiger partial charge on any atom is 0.209 e. The lowest BCUT2D eigenvalue weighted by atomic mass is 10.0. The highest BCUT2D eigenvalue weighted by atomic mass is 35.5. The maximum atomic E-state index is 12.5. The zero-order chi connectivity index (χ0) is 15.5. The van der Waals surface area contributed by atoms with Gasteiger partial charge in [0.15, 0.2) is 5.78 Å². The van der Waals surface area contributed by atoms with E-state index in [4.69, 9.17) is 11.6 Å². The molecule has 22 heavy (non-hydrogen) atoms. The number of anilines is 2. The molecule has 0 atom stereocenters. The van der Waals surface area contributed by atoms with Crippen LogP contribution in [-0.4, -0.2) is 16.0 Å². The molecule has 0 aliphatic heterocycles. The van der Waals surface area contributed by atoms with Crippen LogP contribution < -0.4 is 5.32 Å². The fourth-order valence-corrected chi connectivity index (χ4v) is 2.59. The molecule has 1 heterocycles. The maximum absolute atomic E-state index is 12.5. The van der Waals surface area contributed by atoms with E-state index in [1.165, 1.54) is 11.3 Å². The van der Waals surface area contributed by atoms with Crippen LogP contribution in [0.2, 0.25) is 5.02 Å². The van der Waals surface area contributed by atoms with Crippen molar-refractivity contribution < 1.29 is 4.79 Å². The molecule has 0 unspecified atom stereocenters. The third-order valence-corrected chi connectivity index (χ3v) is 4.21. The van der Waals surface area contributed by atoms with Gasteiger partial charge in [-0.1, -0.05) is 22.9 Å². The molecule has 110 valence electrons. The molecule has 0 saturated heterocycles. The summed E-state index contributed by atoms with van der Waals surface area (Å²) in [6.07, 6.45) is 0. The van der Waals surface area contributed by atoms with E-state index < -0.39 is 0 Å². The van der Waals surface area contributed by atoms with Crippen LogP contribution in [0.15, 0.2) is 48.0 Å². The van der Waals surface area contributed by atoms with Crippen molar-refractivity contribution in [3.8, 4) is 0 Å². The van der Waals surface area contributed by atoms with Gasteiger partial charge in [-0.15, -0.1) is 10.2 Å². The number of hydrogen-bond donors (Lipinski definition) is 1. The minimum atomic E-state index is -0.0257.